The molecule has 60 valence electrons. The van der Waals surface area contributed by atoms with Crippen molar-refractivity contribution in [3.05, 3.63) is 0 Å². The third-order valence-electron chi connectivity index (χ3n) is 1.60. The summed E-state index contributed by atoms with van der Waals surface area (Å²) in [6.45, 7) is 2.22. The standard InChI is InChI=1S/C8H17OP/c1-2-3-4-5-6-7-8-10-9/h2-8H2,1H3. The quantitative estimate of drug-likeness (QED) is 0.410. The second kappa shape index (κ2) is 9.10. The summed E-state index contributed by atoms with van der Waals surface area (Å²) in [5, 5.41) is 0. The number of hydrogen-bond acceptors (Lipinski definition) is 1. The number of hydrogen-bond donors (Lipinski definition) is 0. The molecule has 1 nitrogen and oxygen atoms in total. The summed E-state index contributed by atoms with van der Waals surface area (Å²) < 4.78 is 9.99. The van der Waals surface area contributed by atoms with E-state index >= 15 is 0 Å². The normalized spacial score (nSPS) is 10.5. The molecule has 0 aromatic rings. The Morgan fingerprint density at radius 2 is 1.60 bits per heavy atom. The lowest BCUT2D eigenvalue weighted by molar-refractivity contribution is 0.591. The van der Waals surface area contributed by atoms with Crippen molar-refractivity contribution in [2.45, 2.75) is 45.4 Å². The van der Waals surface area contributed by atoms with Crippen LogP contribution in [0, 0.1) is 0 Å². The van der Waals surface area contributed by atoms with Crippen molar-refractivity contribution in [2.24, 2.45) is 0 Å². The van der Waals surface area contributed by atoms with Crippen LogP contribution in [0.3, 0.4) is 0 Å². The van der Waals surface area contributed by atoms with E-state index in [0.717, 1.165) is 12.6 Å². The van der Waals surface area contributed by atoms with Crippen molar-refractivity contribution < 1.29 is 4.57 Å². The van der Waals surface area contributed by atoms with Crippen LogP contribution in [0.15, 0.2) is 0 Å². The Hall–Kier alpha value is 0.100. The third-order valence-corrected chi connectivity index (χ3v) is 2.10. The third kappa shape index (κ3) is 8.10. The Bertz CT molecular complexity index is 73.7. The predicted octanol–water partition coefficient (Wildman–Crippen LogP) is 3.64. The van der Waals surface area contributed by atoms with Gasteiger partial charge in [0.15, 0.2) is 8.46 Å². The Morgan fingerprint density at radius 1 is 1.00 bits per heavy atom. The van der Waals surface area contributed by atoms with Crippen LogP contribution in [0.4, 0.5) is 0 Å². The monoisotopic (exact) mass is 160 g/mol. The van der Waals surface area contributed by atoms with Gasteiger partial charge in [0, 0.05) is 6.16 Å². The molecular formula is C8H17OP. The van der Waals surface area contributed by atoms with Crippen LogP contribution in [-0.2, 0) is 4.57 Å². The van der Waals surface area contributed by atoms with Gasteiger partial charge in [-0.25, -0.2) is 0 Å². The van der Waals surface area contributed by atoms with Crippen molar-refractivity contribution in [2.75, 3.05) is 6.16 Å². The Labute approximate surface area is 65.4 Å². The van der Waals surface area contributed by atoms with E-state index in [9.17, 15) is 4.57 Å². The van der Waals surface area contributed by atoms with Gasteiger partial charge in [0.2, 0.25) is 0 Å². The molecule has 0 saturated carbocycles. The molecule has 0 spiro atoms. The Kier molecular flexibility index (Phi) is 9.19. The highest BCUT2D eigenvalue weighted by Gasteiger charge is 1.88. The van der Waals surface area contributed by atoms with E-state index in [1.54, 1.807) is 0 Å². The predicted molar refractivity (Wildman–Crippen MR) is 45.8 cm³/mol. The summed E-state index contributed by atoms with van der Waals surface area (Å²) in [5.74, 6) is 0. The van der Waals surface area contributed by atoms with Gasteiger partial charge in [-0.1, -0.05) is 39.0 Å². The molecule has 0 N–H and O–H groups in total. The molecule has 0 radical (unpaired) electrons. The van der Waals surface area contributed by atoms with Crippen molar-refractivity contribution in [3.8, 4) is 0 Å². The fraction of sp³-hybridized carbons (Fsp3) is 1.00. The van der Waals surface area contributed by atoms with Gasteiger partial charge in [-0.2, -0.15) is 0 Å². The molecule has 0 fully saturated rings. The van der Waals surface area contributed by atoms with Crippen LogP contribution in [0.1, 0.15) is 45.4 Å². The highest BCUT2D eigenvalue weighted by molar-refractivity contribution is 7.23. The van der Waals surface area contributed by atoms with Gasteiger partial charge in [-0.3, -0.25) is 4.57 Å². The van der Waals surface area contributed by atoms with Gasteiger partial charge in [0.1, 0.15) is 0 Å². The summed E-state index contributed by atoms with van der Waals surface area (Å²) in [6.07, 6.45) is 8.58. The van der Waals surface area contributed by atoms with Crippen LogP contribution in [0.5, 0.6) is 0 Å². The zero-order chi connectivity index (χ0) is 7.66. The first-order valence-corrected chi connectivity index (χ1v) is 5.20. The van der Waals surface area contributed by atoms with E-state index in [-0.39, 0.29) is 0 Å². The van der Waals surface area contributed by atoms with Crippen molar-refractivity contribution in [1.82, 2.24) is 0 Å². The molecule has 0 heterocycles. The van der Waals surface area contributed by atoms with Gasteiger partial charge < -0.3 is 0 Å². The maximum Gasteiger partial charge on any atom is 0.155 e. The van der Waals surface area contributed by atoms with Crippen LogP contribution in [0.25, 0.3) is 0 Å². The average Bonchev–Trinajstić information content (AvgIpc) is 1.97. The fourth-order valence-corrected chi connectivity index (χ4v) is 1.31. The molecule has 0 amide bonds. The minimum Gasteiger partial charge on any atom is -0.275 e. The van der Waals surface area contributed by atoms with Gasteiger partial charge in [0.05, 0.1) is 0 Å². The molecule has 0 aromatic heterocycles. The number of unbranched alkanes of at least 4 members (excludes halogenated alkanes) is 5. The fourth-order valence-electron chi connectivity index (χ4n) is 0.957. The molecule has 0 saturated heterocycles. The molecule has 0 bridgehead atoms. The van der Waals surface area contributed by atoms with Crippen LogP contribution in [0.2, 0.25) is 0 Å². The Balaban J connectivity index is 2.70. The molecule has 0 aromatic carbocycles. The van der Waals surface area contributed by atoms with Crippen LogP contribution < -0.4 is 0 Å². The lowest BCUT2D eigenvalue weighted by Crippen LogP contribution is -1.78. The van der Waals surface area contributed by atoms with E-state index in [1.807, 2.05) is 0 Å². The van der Waals surface area contributed by atoms with E-state index in [0.29, 0.717) is 8.46 Å². The number of rotatable bonds is 7. The lowest BCUT2D eigenvalue weighted by atomic mass is 10.1. The largest absolute Gasteiger partial charge is 0.275 e. The zero-order valence-corrected chi connectivity index (χ0v) is 7.70. The summed E-state index contributed by atoms with van der Waals surface area (Å²) in [6, 6.07) is 0. The van der Waals surface area contributed by atoms with Crippen molar-refractivity contribution >= 4 is 8.46 Å². The second-order valence-electron chi connectivity index (χ2n) is 2.62. The first-order valence-electron chi connectivity index (χ1n) is 4.21. The van der Waals surface area contributed by atoms with Crippen molar-refractivity contribution in [3.63, 3.8) is 0 Å². The van der Waals surface area contributed by atoms with Gasteiger partial charge >= 0.3 is 0 Å². The first-order chi connectivity index (χ1) is 4.91. The molecule has 0 aliphatic carbocycles. The van der Waals surface area contributed by atoms with E-state index in [2.05, 4.69) is 6.92 Å². The molecule has 0 unspecified atom stereocenters. The van der Waals surface area contributed by atoms with E-state index in [1.165, 1.54) is 32.1 Å². The second-order valence-corrected chi connectivity index (χ2v) is 3.33. The average molecular weight is 160 g/mol. The topological polar surface area (TPSA) is 17.1 Å². The molecule has 2 heteroatoms. The first kappa shape index (κ1) is 10.1. The highest BCUT2D eigenvalue weighted by Crippen LogP contribution is 2.07. The highest BCUT2D eigenvalue weighted by atomic mass is 31.1. The summed E-state index contributed by atoms with van der Waals surface area (Å²) in [5.41, 5.74) is 0. The molecule has 0 atom stereocenters. The molecule has 0 rings (SSSR count). The van der Waals surface area contributed by atoms with Gasteiger partial charge in [-0.15, -0.1) is 0 Å². The SMILES string of the molecule is CCCCCCCCP=O. The zero-order valence-electron chi connectivity index (χ0n) is 6.81. The maximum absolute atomic E-state index is 9.99. The summed E-state index contributed by atoms with van der Waals surface area (Å²) >= 11 is 0. The minimum atomic E-state index is 0.318. The minimum absolute atomic E-state index is 0.318. The smallest absolute Gasteiger partial charge is 0.155 e. The van der Waals surface area contributed by atoms with Crippen LogP contribution >= 0.6 is 8.46 Å². The molecular weight excluding hydrogens is 143 g/mol. The summed E-state index contributed by atoms with van der Waals surface area (Å²) in [4.78, 5) is 0. The van der Waals surface area contributed by atoms with Gasteiger partial charge in [0.25, 0.3) is 0 Å². The molecule has 10 heavy (non-hydrogen) atoms. The summed E-state index contributed by atoms with van der Waals surface area (Å²) in [7, 11) is 0.318. The lowest BCUT2D eigenvalue weighted by Gasteiger charge is -1.95. The van der Waals surface area contributed by atoms with E-state index < -0.39 is 0 Å². The van der Waals surface area contributed by atoms with E-state index in [4.69, 9.17) is 0 Å². The van der Waals surface area contributed by atoms with Gasteiger partial charge in [-0.05, 0) is 6.42 Å². The van der Waals surface area contributed by atoms with Crippen molar-refractivity contribution in [1.29, 1.82) is 0 Å². The molecule has 0 aliphatic rings. The maximum atomic E-state index is 9.99. The Morgan fingerprint density at radius 3 is 2.20 bits per heavy atom. The molecule has 0 aliphatic heterocycles. The van der Waals surface area contributed by atoms with Crippen LogP contribution in [-0.4, -0.2) is 6.16 Å².